The van der Waals surface area contributed by atoms with Crippen LogP contribution in [0.15, 0.2) is 9.42 Å². The van der Waals surface area contributed by atoms with Gasteiger partial charge in [0.25, 0.3) is 0 Å². The van der Waals surface area contributed by atoms with E-state index in [0.29, 0.717) is 55.5 Å². The molecule has 26 heavy (non-hydrogen) atoms. The molecule has 1 fully saturated rings. The van der Waals surface area contributed by atoms with E-state index in [0.717, 1.165) is 0 Å². The van der Waals surface area contributed by atoms with Crippen LogP contribution in [0.5, 0.6) is 0 Å². The van der Waals surface area contributed by atoms with Crippen LogP contribution < -0.4 is 5.32 Å². The van der Waals surface area contributed by atoms with Crippen molar-refractivity contribution in [3.63, 3.8) is 0 Å². The summed E-state index contributed by atoms with van der Waals surface area (Å²) in [5.41, 5.74) is 1.08. The number of rotatable bonds is 6. The first kappa shape index (κ1) is 19.0. The Morgan fingerprint density at radius 3 is 2.62 bits per heavy atom. The van der Waals surface area contributed by atoms with Gasteiger partial charge in [-0.3, -0.25) is 5.10 Å². The summed E-state index contributed by atoms with van der Waals surface area (Å²) >= 11 is 0. The van der Waals surface area contributed by atoms with Gasteiger partial charge >= 0.3 is 0 Å². The number of aryl methyl sites for hydroxylation is 2. The normalized spacial score (nSPS) is 18.3. The smallest absolute Gasteiger partial charge is 0.246 e. The van der Waals surface area contributed by atoms with Crippen molar-refractivity contribution in [2.75, 3.05) is 20.1 Å². The molecule has 1 saturated heterocycles. The molecule has 0 saturated carbocycles. The second-order valence-corrected chi connectivity index (χ2v) is 8.76. The van der Waals surface area contributed by atoms with Crippen molar-refractivity contribution < 1.29 is 12.9 Å². The molecule has 0 amide bonds. The van der Waals surface area contributed by atoms with Gasteiger partial charge in [0.05, 0.1) is 11.4 Å². The Morgan fingerprint density at radius 2 is 2.04 bits per heavy atom. The standard InChI is InChI=1S/C16H26N6O3S/c1-10(17-4)9-14-18-16(25-21-14)13-5-7-22(8-6-13)26(23,24)15-11(2)19-20-12(15)3/h10,13,17H,5-9H2,1-4H3,(H,19,20). The Bertz CT molecular complexity index is 832. The second kappa shape index (κ2) is 7.45. The van der Waals surface area contributed by atoms with E-state index < -0.39 is 10.0 Å². The first-order valence-electron chi connectivity index (χ1n) is 8.84. The summed E-state index contributed by atoms with van der Waals surface area (Å²) in [6.45, 7) is 6.35. The average molecular weight is 382 g/mol. The van der Waals surface area contributed by atoms with Crippen LogP contribution >= 0.6 is 0 Å². The molecule has 1 unspecified atom stereocenters. The number of aromatic amines is 1. The first-order valence-corrected chi connectivity index (χ1v) is 10.3. The van der Waals surface area contributed by atoms with Crippen LogP contribution in [0.3, 0.4) is 0 Å². The van der Waals surface area contributed by atoms with Crippen LogP contribution in [0, 0.1) is 13.8 Å². The van der Waals surface area contributed by atoms with Crippen LogP contribution in [-0.2, 0) is 16.4 Å². The zero-order valence-electron chi connectivity index (χ0n) is 15.6. The Morgan fingerprint density at radius 1 is 1.35 bits per heavy atom. The molecule has 1 aliphatic rings. The molecular weight excluding hydrogens is 356 g/mol. The minimum Gasteiger partial charge on any atom is -0.339 e. The van der Waals surface area contributed by atoms with Crippen molar-refractivity contribution in [3.05, 3.63) is 23.1 Å². The lowest BCUT2D eigenvalue weighted by atomic mass is 9.98. The minimum atomic E-state index is -3.54. The number of nitrogens with zero attached hydrogens (tertiary/aromatic N) is 4. The second-order valence-electron chi connectivity index (χ2n) is 6.88. The molecule has 10 heteroatoms. The summed E-state index contributed by atoms with van der Waals surface area (Å²) in [5.74, 6) is 1.39. The lowest BCUT2D eigenvalue weighted by Gasteiger charge is -2.29. The van der Waals surface area contributed by atoms with Crippen molar-refractivity contribution in [1.82, 2.24) is 30.0 Å². The van der Waals surface area contributed by atoms with Crippen molar-refractivity contribution >= 4 is 10.0 Å². The third-order valence-corrected chi connectivity index (χ3v) is 7.09. The number of hydrogen-bond acceptors (Lipinski definition) is 7. The Labute approximate surface area is 153 Å². The maximum absolute atomic E-state index is 12.9. The van der Waals surface area contributed by atoms with Crippen molar-refractivity contribution in [1.29, 1.82) is 0 Å². The maximum Gasteiger partial charge on any atom is 0.246 e. The monoisotopic (exact) mass is 382 g/mol. The fourth-order valence-corrected chi connectivity index (χ4v) is 5.09. The Balaban J connectivity index is 1.66. The van der Waals surface area contributed by atoms with E-state index in [4.69, 9.17) is 4.52 Å². The number of hydrogen-bond donors (Lipinski definition) is 2. The molecule has 144 valence electrons. The van der Waals surface area contributed by atoms with E-state index in [9.17, 15) is 8.42 Å². The lowest BCUT2D eigenvalue weighted by molar-refractivity contribution is 0.270. The zero-order chi connectivity index (χ0) is 18.9. The number of sulfonamides is 1. The van der Waals surface area contributed by atoms with Crippen molar-refractivity contribution in [2.24, 2.45) is 0 Å². The summed E-state index contributed by atoms with van der Waals surface area (Å²) in [7, 11) is -1.64. The Hall–Kier alpha value is -1.78. The quantitative estimate of drug-likeness (QED) is 0.769. The van der Waals surface area contributed by atoms with Gasteiger partial charge in [-0.1, -0.05) is 5.16 Å². The summed E-state index contributed by atoms with van der Waals surface area (Å²) in [5, 5.41) is 13.9. The molecule has 1 aliphatic heterocycles. The van der Waals surface area contributed by atoms with Crippen LogP contribution in [0.25, 0.3) is 0 Å². The molecule has 3 rings (SSSR count). The number of nitrogens with one attached hydrogen (secondary N) is 2. The van der Waals surface area contributed by atoms with E-state index in [1.807, 2.05) is 7.05 Å². The largest absolute Gasteiger partial charge is 0.339 e. The number of piperidine rings is 1. The third kappa shape index (κ3) is 3.67. The van der Waals surface area contributed by atoms with E-state index in [2.05, 4.69) is 32.6 Å². The summed E-state index contributed by atoms with van der Waals surface area (Å²) in [6.07, 6.45) is 2.03. The molecule has 2 aromatic rings. The molecule has 0 aliphatic carbocycles. The molecule has 2 N–H and O–H groups in total. The van der Waals surface area contributed by atoms with Gasteiger partial charge in [0.15, 0.2) is 5.82 Å². The van der Waals surface area contributed by atoms with Gasteiger partial charge in [-0.15, -0.1) is 0 Å². The molecule has 0 spiro atoms. The predicted octanol–water partition coefficient (Wildman–Crippen LogP) is 1.13. The molecule has 3 heterocycles. The van der Waals surface area contributed by atoms with Gasteiger partial charge in [-0.25, -0.2) is 8.42 Å². The van der Waals surface area contributed by atoms with Crippen LogP contribution in [0.1, 0.15) is 48.8 Å². The average Bonchev–Trinajstić information content (AvgIpc) is 3.21. The van der Waals surface area contributed by atoms with Crippen LogP contribution in [0.2, 0.25) is 0 Å². The maximum atomic E-state index is 12.9. The first-order chi connectivity index (χ1) is 12.3. The highest BCUT2D eigenvalue weighted by Crippen LogP contribution is 2.31. The number of likely N-dealkylation sites (N-methyl/N-ethyl adjacent to an activating group) is 1. The Kier molecular flexibility index (Phi) is 5.44. The molecular formula is C16H26N6O3S. The van der Waals surface area contributed by atoms with Crippen molar-refractivity contribution in [2.45, 2.75) is 56.9 Å². The van der Waals surface area contributed by atoms with Gasteiger partial charge in [-0.05, 0) is 40.7 Å². The highest BCUT2D eigenvalue weighted by atomic mass is 32.2. The summed E-state index contributed by atoms with van der Waals surface area (Å²) < 4.78 is 32.7. The van der Waals surface area contributed by atoms with Crippen molar-refractivity contribution in [3.8, 4) is 0 Å². The summed E-state index contributed by atoms with van der Waals surface area (Å²) in [6, 6.07) is 0.272. The highest BCUT2D eigenvalue weighted by molar-refractivity contribution is 7.89. The topological polar surface area (TPSA) is 117 Å². The minimum absolute atomic E-state index is 0.0964. The van der Waals surface area contributed by atoms with E-state index in [1.54, 1.807) is 13.8 Å². The van der Waals surface area contributed by atoms with Gasteiger partial charge in [0.2, 0.25) is 15.9 Å². The molecule has 0 bridgehead atoms. The SMILES string of the molecule is CNC(C)Cc1noc(C2CCN(S(=O)(=O)c3c(C)n[nH]c3C)CC2)n1. The fourth-order valence-electron chi connectivity index (χ4n) is 3.29. The number of H-pyrrole nitrogens is 1. The van der Waals surface area contributed by atoms with Gasteiger partial charge in [-0.2, -0.15) is 14.4 Å². The highest BCUT2D eigenvalue weighted by Gasteiger charge is 2.34. The molecule has 2 aromatic heterocycles. The third-order valence-electron chi connectivity index (χ3n) is 4.93. The molecule has 9 nitrogen and oxygen atoms in total. The molecule has 0 radical (unpaired) electrons. The number of aromatic nitrogens is 4. The lowest BCUT2D eigenvalue weighted by Crippen LogP contribution is -2.38. The van der Waals surface area contributed by atoms with Crippen LogP contribution in [-0.4, -0.2) is 59.2 Å². The fraction of sp³-hybridized carbons (Fsp3) is 0.688. The van der Waals surface area contributed by atoms with E-state index in [-0.39, 0.29) is 16.9 Å². The zero-order valence-corrected chi connectivity index (χ0v) is 16.4. The van der Waals surface area contributed by atoms with Gasteiger partial charge in [0.1, 0.15) is 4.90 Å². The van der Waals surface area contributed by atoms with E-state index in [1.165, 1.54) is 4.31 Å². The predicted molar refractivity (Wildman–Crippen MR) is 95.3 cm³/mol. The van der Waals surface area contributed by atoms with Crippen LogP contribution in [0.4, 0.5) is 0 Å². The summed E-state index contributed by atoms with van der Waals surface area (Å²) in [4.78, 5) is 4.78. The molecule has 1 atom stereocenters. The van der Waals surface area contributed by atoms with Gasteiger partial charge in [0, 0.05) is 31.5 Å². The molecule has 0 aromatic carbocycles. The van der Waals surface area contributed by atoms with E-state index >= 15 is 0 Å². The van der Waals surface area contributed by atoms with Gasteiger partial charge < -0.3 is 9.84 Å².